The van der Waals surface area contributed by atoms with Gasteiger partial charge in [0.15, 0.2) is 5.17 Å². The molecule has 0 saturated heterocycles. The SMILES string of the molecule is Cc1ccc(CNC(=O)[C@H](C)SC2=Nc3ccccc3C3=N[C@H](C(C)C)C(=O)N23)cc1. The normalized spacial score (nSPS) is 18.3. The van der Waals surface area contributed by atoms with Gasteiger partial charge in [-0.1, -0.05) is 67.6 Å². The Morgan fingerprint density at radius 1 is 1.13 bits per heavy atom. The second kappa shape index (κ2) is 8.67. The van der Waals surface area contributed by atoms with E-state index in [1.807, 2.05) is 76.2 Å². The molecule has 0 saturated carbocycles. The summed E-state index contributed by atoms with van der Waals surface area (Å²) < 4.78 is 0. The maximum atomic E-state index is 13.1. The summed E-state index contributed by atoms with van der Waals surface area (Å²) in [6.07, 6.45) is 0. The Bertz CT molecular complexity index is 1080. The monoisotopic (exact) mass is 434 g/mol. The van der Waals surface area contributed by atoms with E-state index in [9.17, 15) is 9.59 Å². The highest BCUT2D eigenvalue weighted by molar-refractivity contribution is 8.15. The first kappa shape index (κ1) is 21.3. The van der Waals surface area contributed by atoms with Crippen LogP contribution in [0.4, 0.5) is 5.69 Å². The molecule has 2 heterocycles. The molecule has 0 unspecified atom stereocenters. The standard InChI is InChI=1S/C24H26N4O2S/c1-14(2)20-23(30)28-21(27-20)18-7-5-6-8-19(18)26-24(28)31-16(4)22(29)25-13-17-11-9-15(3)10-12-17/h5-12,14,16,20H,13H2,1-4H3,(H,25,29)/t16-,20+/m0/s1. The quantitative estimate of drug-likeness (QED) is 0.772. The van der Waals surface area contributed by atoms with Gasteiger partial charge < -0.3 is 5.32 Å². The number of rotatable bonds is 5. The molecule has 31 heavy (non-hydrogen) atoms. The number of aliphatic imine (C=N–C) groups is 2. The molecule has 1 N–H and O–H groups in total. The molecule has 0 aliphatic carbocycles. The minimum Gasteiger partial charge on any atom is -0.351 e. The summed E-state index contributed by atoms with van der Waals surface area (Å²) in [5.41, 5.74) is 3.84. The number of hydrogen-bond donors (Lipinski definition) is 1. The van der Waals surface area contributed by atoms with Crippen molar-refractivity contribution < 1.29 is 9.59 Å². The van der Waals surface area contributed by atoms with E-state index < -0.39 is 11.3 Å². The van der Waals surface area contributed by atoms with Gasteiger partial charge in [0, 0.05) is 12.1 Å². The Morgan fingerprint density at radius 3 is 2.55 bits per heavy atom. The number of benzene rings is 2. The molecule has 6 nitrogen and oxygen atoms in total. The van der Waals surface area contributed by atoms with Gasteiger partial charge in [-0.05, 0) is 37.5 Å². The van der Waals surface area contributed by atoms with E-state index in [-0.39, 0.29) is 17.7 Å². The molecule has 7 heteroatoms. The summed E-state index contributed by atoms with van der Waals surface area (Å²) in [5.74, 6) is 0.527. The van der Waals surface area contributed by atoms with Crippen LogP contribution in [0.3, 0.4) is 0 Å². The third-order valence-corrected chi connectivity index (χ3v) is 6.42. The zero-order valence-electron chi connectivity index (χ0n) is 18.1. The maximum Gasteiger partial charge on any atom is 0.259 e. The summed E-state index contributed by atoms with van der Waals surface area (Å²) in [7, 11) is 0. The maximum absolute atomic E-state index is 13.1. The Labute approximate surface area is 186 Å². The van der Waals surface area contributed by atoms with Crippen LogP contribution in [0.25, 0.3) is 0 Å². The minimum atomic E-state index is -0.433. The van der Waals surface area contributed by atoms with Gasteiger partial charge in [0.1, 0.15) is 11.9 Å². The lowest BCUT2D eigenvalue weighted by molar-refractivity contribution is -0.125. The molecule has 2 amide bonds. The van der Waals surface area contributed by atoms with Crippen molar-refractivity contribution in [2.45, 2.75) is 45.5 Å². The number of carbonyl (C=O) groups is 2. The van der Waals surface area contributed by atoms with E-state index >= 15 is 0 Å². The second-order valence-corrected chi connectivity index (χ2v) is 9.50. The fraction of sp³-hybridized carbons (Fsp3) is 0.333. The van der Waals surface area contributed by atoms with Gasteiger partial charge in [0.05, 0.1) is 10.9 Å². The van der Waals surface area contributed by atoms with Crippen LogP contribution in [0.15, 0.2) is 58.5 Å². The predicted molar refractivity (Wildman–Crippen MR) is 126 cm³/mol. The topological polar surface area (TPSA) is 74.1 Å². The number of carbonyl (C=O) groups excluding carboxylic acids is 2. The number of aryl methyl sites for hydroxylation is 1. The van der Waals surface area contributed by atoms with Gasteiger partial charge in [0.25, 0.3) is 5.91 Å². The largest absolute Gasteiger partial charge is 0.351 e. The summed E-state index contributed by atoms with van der Waals surface area (Å²) in [4.78, 5) is 36.8. The number of nitrogens with zero attached hydrogens (tertiary/aromatic N) is 3. The van der Waals surface area contributed by atoms with Crippen molar-refractivity contribution in [2.75, 3.05) is 0 Å². The first-order chi connectivity index (χ1) is 14.8. The molecule has 0 bridgehead atoms. The third kappa shape index (κ3) is 4.28. The molecule has 160 valence electrons. The third-order valence-electron chi connectivity index (χ3n) is 5.37. The molecule has 0 radical (unpaired) electrons. The van der Waals surface area contributed by atoms with Crippen LogP contribution in [-0.4, -0.2) is 39.0 Å². The number of hydrogen-bond acceptors (Lipinski definition) is 5. The van der Waals surface area contributed by atoms with Crippen molar-refractivity contribution >= 4 is 40.3 Å². The molecule has 0 spiro atoms. The average molecular weight is 435 g/mol. The minimum absolute atomic E-state index is 0.0826. The van der Waals surface area contributed by atoms with Crippen LogP contribution in [0.5, 0.6) is 0 Å². The zero-order chi connectivity index (χ0) is 22.1. The molecule has 4 rings (SSSR count). The number of amidine groups is 2. The lowest BCUT2D eigenvalue weighted by Gasteiger charge is -2.27. The smallest absolute Gasteiger partial charge is 0.259 e. The molecule has 2 aliphatic rings. The first-order valence-corrected chi connectivity index (χ1v) is 11.3. The van der Waals surface area contributed by atoms with Gasteiger partial charge >= 0.3 is 0 Å². The van der Waals surface area contributed by atoms with Crippen LogP contribution < -0.4 is 5.32 Å². The fourth-order valence-corrected chi connectivity index (χ4v) is 4.47. The molecular formula is C24H26N4O2S. The molecule has 0 fully saturated rings. The van der Waals surface area contributed by atoms with Crippen molar-refractivity contribution in [1.82, 2.24) is 10.2 Å². The lowest BCUT2D eigenvalue weighted by Crippen LogP contribution is -2.43. The average Bonchev–Trinajstić information content (AvgIpc) is 3.11. The second-order valence-electron chi connectivity index (χ2n) is 8.19. The highest BCUT2D eigenvalue weighted by Crippen LogP contribution is 2.35. The number of fused-ring (bicyclic) bond motifs is 3. The van der Waals surface area contributed by atoms with E-state index in [0.717, 1.165) is 16.8 Å². The summed E-state index contributed by atoms with van der Waals surface area (Å²) in [5, 5.41) is 3.06. The Hall–Kier alpha value is -2.93. The fourth-order valence-electron chi connectivity index (χ4n) is 3.53. The molecule has 2 aromatic carbocycles. The first-order valence-electron chi connectivity index (χ1n) is 10.4. The van der Waals surface area contributed by atoms with Crippen molar-refractivity contribution in [3.05, 3.63) is 65.2 Å². The predicted octanol–water partition coefficient (Wildman–Crippen LogP) is 4.05. The summed E-state index contributed by atoms with van der Waals surface area (Å²) >= 11 is 1.29. The van der Waals surface area contributed by atoms with Gasteiger partial charge in [0.2, 0.25) is 5.91 Å². The summed E-state index contributed by atoms with van der Waals surface area (Å²) in [6, 6.07) is 15.3. The molecule has 2 aromatic rings. The number of nitrogens with one attached hydrogen (secondary N) is 1. The van der Waals surface area contributed by atoms with Gasteiger partial charge in [-0.15, -0.1) is 0 Å². The number of amides is 2. The molecular weight excluding hydrogens is 408 g/mol. The Morgan fingerprint density at radius 2 is 1.84 bits per heavy atom. The van der Waals surface area contributed by atoms with Crippen LogP contribution in [-0.2, 0) is 16.1 Å². The van der Waals surface area contributed by atoms with Gasteiger partial charge in [-0.3, -0.25) is 14.6 Å². The van der Waals surface area contributed by atoms with Crippen LogP contribution in [0.2, 0.25) is 0 Å². The molecule has 0 aromatic heterocycles. The van der Waals surface area contributed by atoms with E-state index in [0.29, 0.717) is 17.5 Å². The highest BCUT2D eigenvalue weighted by Gasteiger charge is 2.43. The Balaban J connectivity index is 1.52. The lowest BCUT2D eigenvalue weighted by atomic mass is 10.1. The van der Waals surface area contributed by atoms with E-state index in [2.05, 4.69) is 5.32 Å². The van der Waals surface area contributed by atoms with Crippen molar-refractivity contribution in [3.63, 3.8) is 0 Å². The van der Waals surface area contributed by atoms with E-state index in [4.69, 9.17) is 9.98 Å². The van der Waals surface area contributed by atoms with E-state index in [1.165, 1.54) is 17.3 Å². The molecule has 2 atom stereocenters. The van der Waals surface area contributed by atoms with Gasteiger partial charge in [-0.2, -0.15) is 0 Å². The number of para-hydroxylation sites is 1. The zero-order valence-corrected chi connectivity index (χ0v) is 18.9. The van der Waals surface area contributed by atoms with Crippen molar-refractivity contribution in [1.29, 1.82) is 0 Å². The summed E-state index contributed by atoms with van der Waals surface area (Å²) in [6.45, 7) is 8.30. The van der Waals surface area contributed by atoms with Gasteiger partial charge in [-0.25, -0.2) is 9.89 Å². The van der Waals surface area contributed by atoms with Crippen LogP contribution in [0, 0.1) is 12.8 Å². The molecule has 2 aliphatic heterocycles. The Kier molecular flexibility index (Phi) is 5.96. The highest BCUT2D eigenvalue weighted by atomic mass is 32.2. The van der Waals surface area contributed by atoms with Crippen LogP contribution >= 0.6 is 11.8 Å². The van der Waals surface area contributed by atoms with Crippen LogP contribution in [0.1, 0.15) is 37.5 Å². The van der Waals surface area contributed by atoms with Crippen molar-refractivity contribution in [2.24, 2.45) is 15.9 Å². The van der Waals surface area contributed by atoms with E-state index in [1.54, 1.807) is 4.90 Å². The number of thioether (sulfide) groups is 1. The van der Waals surface area contributed by atoms with Crippen molar-refractivity contribution in [3.8, 4) is 0 Å².